The molecular weight excluding hydrogens is 248 g/mol. The van der Waals surface area contributed by atoms with Gasteiger partial charge in [0.15, 0.2) is 0 Å². The molecule has 108 valence electrons. The summed E-state index contributed by atoms with van der Waals surface area (Å²) in [6, 6.07) is 10.7. The van der Waals surface area contributed by atoms with Crippen molar-refractivity contribution in [2.24, 2.45) is 0 Å². The second kappa shape index (κ2) is 7.15. The molecule has 0 unspecified atom stereocenters. The normalized spacial score (nSPS) is 10.8. The fourth-order valence-electron chi connectivity index (χ4n) is 2.41. The highest BCUT2D eigenvalue weighted by Crippen LogP contribution is 2.23. The molecule has 0 fully saturated rings. The maximum absolute atomic E-state index is 5.45. The van der Waals surface area contributed by atoms with Crippen molar-refractivity contribution >= 4 is 5.69 Å². The van der Waals surface area contributed by atoms with E-state index in [2.05, 4.69) is 49.2 Å². The van der Waals surface area contributed by atoms with Crippen LogP contribution in [0.1, 0.15) is 30.7 Å². The Morgan fingerprint density at radius 2 is 2.05 bits per heavy atom. The van der Waals surface area contributed by atoms with Gasteiger partial charge in [-0.1, -0.05) is 19.1 Å². The molecule has 3 heteroatoms. The SMILES string of the molecule is CCNCc1ccc(N(CC)Cc2ccco2)c(C)c1. The van der Waals surface area contributed by atoms with Gasteiger partial charge < -0.3 is 14.6 Å². The van der Waals surface area contributed by atoms with Crippen LogP contribution >= 0.6 is 0 Å². The van der Waals surface area contributed by atoms with Crippen LogP contribution in [0.4, 0.5) is 5.69 Å². The number of hydrogen-bond acceptors (Lipinski definition) is 3. The second-order valence-electron chi connectivity index (χ2n) is 4.99. The molecule has 0 aliphatic heterocycles. The molecule has 2 aromatic rings. The fourth-order valence-corrected chi connectivity index (χ4v) is 2.41. The van der Waals surface area contributed by atoms with E-state index >= 15 is 0 Å². The summed E-state index contributed by atoms with van der Waals surface area (Å²) in [5, 5.41) is 3.36. The van der Waals surface area contributed by atoms with Gasteiger partial charge in [0.1, 0.15) is 5.76 Å². The monoisotopic (exact) mass is 272 g/mol. The van der Waals surface area contributed by atoms with Crippen molar-refractivity contribution in [3.8, 4) is 0 Å². The number of nitrogens with zero attached hydrogens (tertiary/aromatic N) is 1. The Morgan fingerprint density at radius 3 is 2.65 bits per heavy atom. The van der Waals surface area contributed by atoms with Crippen molar-refractivity contribution in [2.75, 3.05) is 18.0 Å². The first-order valence-electron chi connectivity index (χ1n) is 7.32. The van der Waals surface area contributed by atoms with Gasteiger partial charge in [0, 0.05) is 18.8 Å². The molecule has 1 heterocycles. The van der Waals surface area contributed by atoms with Crippen LogP contribution in [0.5, 0.6) is 0 Å². The van der Waals surface area contributed by atoms with E-state index in [0.717, 1.165) is 31.9 Å². The van der Waals surface area contributed by atoms with Crippen LogP contribution in [-0.4, -0.2) is 13.1 Å². The van der Waals surface area contributed by atoms with Gasteiger partial charge in [-0.15, -0.1) is 0 Å². The van der Waals surface area contributed by atoms with Gasteiger partial charge in [0.25, 0.3) is 0 Å². The lowest BCUT2D eigenvalue weighted by atomic mass is 10.1. The summed E-state index contributed by atoms with van der Waals surface area (Å²) in [5.41, 5.74) is 3.93. The topological polar surface area (TPSA) is 28.4 Å². The summed E-state index contributed by atoms with van der Waals surface area (Å²) in [6.07, 6.45) is 1.73. The molecule has 1 aromatic heterocycles. The molecule has 0 saturated heterocycles. The summed E-state index contributed by atoms with van der Waals surface area (Å²) in [7, 11) is 0. The Bertz CT molecular complexity index is 520. The van der Waals surface area contributed by atoms with Crippen molar-refractivity contribution in [3.05, 3.63) is 53.5 Å². The van der Waals surface area contributed by atoms with Crippen LogP contribution < -0.4 is 10.2 Å². The van der Waals surface area contributed by atoms with Crippen LogP contribution in [0.15, 0.2) is 41.0 Å². The molecule has 0 aliphatic rings. The number of anilines is 1. The van der Waals surface area contributed by atoms with E-state index in [1.807, 2.05) is 12.1 Å². The second-order valence-corrected chi connectivity index (χ2v) is 4.99. The summed E-state index contributed by atoms with van der Waals surface area (Å²) in [5.74, 6) is 1.00. The number of benzene rings is 1. The van der Waals surface area contributed by atoms with Crippen molar-refractivity contribution in [1.82, 2.24) is 5.32 Å². The minimum Gasteiger partial charge on any atom is -0.467 e. The number of hydrogen-bond donors (Lipinski definition) is 1. The van der Waals surface area contributed by atoms with E-state index in [4.69, 9.17) is 4.42 Å². The molecule has 1 N–H and O–H groups in total. The highest BCUT2D eigenvalue weighted by molar-refractivity contribution is 5.54. The molecule has 2 rings (SSSR count). The van der Waals surface area contributed by atoms with Gasteiger partial charge in [0.2, 0.25) is 0 Å². The molecule has 3 nitrogen and oxygen atoms in total. The van der Waals surface area contributed by atoms with E-state index in [9.17, 15) is 0 Å². The quantitative estimate of drug-likeness (QED) is 0.832. The predicted octanol–water partition coefficient (Wildman–Crippen LogP) is 3.72. The first-order valence-corrected chi connectivity index (χ1v) is 7.32. The lowest BCUT2D eigenvalue weighted by Gasteiger charge is -2.24. The summed E-state index contributed by atoms with van der Waals surface area (Å²) in [4.78, 5) is 2.34. The largest absolute Gasteiger partial charge is 0.467 e. The summed E-state index contributed by atoms with van der Waals surface area (Å²) in [6.45, 7) is 10.2. The molecule has 0 saturated carbocycles. The van der Waals surface area contributed by atoms with Crippen LogP contribution in [0.25, 0.3) is 0 Å². The first kappa shape index (κ1) is 14.7. The smallest absolute Gasteiger partial charge is 0.123 e. The first-order chi connectivity index (χ1) is 9.74. The molecule has 0 bridgehead atoms. The average Bonchev–Trinajstić information content (AvgIpc) is 2.96. The van der Waals surface area contributed by atoms with E-state index in [1.165, 1.54) is 16.8 Å². The lowest BCUT2D eigenvalue weighted by Crippen LogP contribution is -2.22. The summed E-state index contributed by atoms with van der Waals surface area (Å²) >= 11 is 0. The molecule has 20 heavy (non-hydrogen) atoms. The number of aryl methyl sites for hydroxylation is 1. The van der Waals surface area contributed by atoms with Gasteiger partial charge in [-0.3, -0.25) is 0 Å². The zero-order valence-corrected chi connectivity index (χ0v) is 12.6. The van der Waals surface area contributed by atoms with Crippen molar-refractivity contribution in [2.45, 2.75) is 33.9 Å². The van der Waals surface area contributed by atoms with E-state index in [0.29, 0.717) is 0 Å². The Labute approximate surface area is 121 Å². The highest BCUT2D eigenvalue weighted by Gasteiger charge is 2.10. The van der Waals surface area contributed by atoms with Crippen LogP contribution in [0, 0.1) is 6.92 Å². The van der Waals surface area contributed by atoms with Gasteiger partial charge in [-0.2, -0.15) is 0 Å². The predicted molar refractivity (Wildman–Crippen MR) is 84.0 cm³/mol. The maximum atomic E-state index is 5.45. The Hall–Kier alpha value is -1.74. The lowest BCUT2D eigenvalue weighted by molar-refractivity contribution is 0.503. The number of rotatable bonds is 7. The number of furan rings is 1. The Balaban J connectivity index is 2.13. The Kier molecular flexibility index (Phi) is 5.24. The zero-order valence-electron chi connectivity index (χ0n) is 12.6. The molecule has 0 aliphatic carbocycles. The molecular formula is C17H24N2O. The van der Waals surface area contributed by atoms with Gasteiger partial charge in [-0.05, 0) is 49.7 Å². The van der Waals surface area contributed by atoms with E-state index in [-0.39, 0.29) is 0 Å². The van der Waals surface area contributed by atoms with Crippen molar-refractivity contribution in [3.63, 3.8) is 0 Å². The molecule has 0 spiro atoms. The minimum atomic E-state index is 0.816. The van der Waals surface area contributed by atoms with Crippen LogP contribution in [-0.2, 0) is 13.1 Å². The van der Waals surface area contributed by atoms with E-state index in [1.54, 1.807) is 6.26 Å². The minimum absolute atomic E-state index is 0.816. The molecule has 0 atom stereocenters. The van der Waals surface area contributed by atoms with Gasteiger partial charge in [0.05, 0.1) is 12.8 Å². The van der Waals surface area contributed by atoms with Crippen molar-refractivity contribution in [1.29, 1.82) is 0 Å². The van der Waals surface area contributed by atoms with E-state index < -0.39 is 0 Å². The molecule has 1 aromatic carbocycles. The van der Waals surface area contributed by atoms with Crippen LogP contribution in [0.3, 0.4) is 0 Å². The zero-order chi connectivity index (χ0) is 14.4. The maximum Gasteiger partial charge on any atom is 0.123 e. The fraction of sp³-hybridized carbons (Fsp3) is 0.412. The van der Waals surface area contributed by atoms with Gasteiger partial charge in [-0.25, -0.2) is 0 Å². The molecule has 0 radical (unpaired) electrons. The number of nitrogens with one attached hydrogen (secondary N) is 1. The molecule has 0 amide bonds. The average molecular weight is 272 g/mol. The van der Waals surface area contributed by atoms with Crippen molar-refractivity contribution < 1.29 is 4.42 Å². The highest BCUT2D eigenvalue weighted by atomic mass is 16.3. The Morgan fingerprint density at radius 1 is 1.20 bits per heavy atom. The third-order valence-electron chi connectivity index (χ3n) is 3.49. The van der Waals surface area contributed by atoms with Crippen LogP contribution in [0.2, 0.25) is 0 Å². The van der Waals surface area contributed by atoms with Gasteiger partial charge >= 0.3 is 0 Å². The summed E-state index contributed by atoms with van der Waals surface area (Å²) < 4.78 is 5.45. The standard InChI is InChI=1S/C17H24N2O/c1-4-18-12-15-8-9-17(14(3)11-15)19(5-2)13-16-7-6-10-20-16/h6-11,18H,4-5,12-13H2,1-3H3. The third-order valence-corrected chi connectivity index (χ3v) is 3.49. The third kappa shape index (κ3) is 3.64.